The smallest absolute Gasteiger partial charge is 0.185 e. The number of carbonyl (C=O) groups excluding carboxylic acids is 1. The fraction of sp³-hybridized carbons (Fsp3) is 0.192. The first-order valence-electron chi connectivity index (χ1n) is 10.2. The molecule has 0 aromatic heterocycles. The van der Waals surface area contributed by atoms with Gasteiger partial charge in [0.25, 0.3) is 0 Å². The molecule has 0 aliphatic heterocycles. The van der Waals surface area contributed by atoms with Gasteiger partial charge in [0, 0.05) is 5.56 Å². The Kier molecular flexibility index (Phi) is 7.82. The first kappa shape index (κ1) is 22.1. The molecule has 0 aliphatic rings. The third kappa shape index (κ3) is 6.44. The SMILES string of the molecule is CCOc1ccc(COc2ccc(/C=C/C(=O)c3ccc(F)cc3)cc2)cc1OCC. The summed E-state index contributed by atoms with van der Waals surface area (Å²) in [5.41, 5.74) is 2.28. The summed E-state index contributed by atoms with van der Waals surface area (Å²) in [5.74, 6) is 1.60. The molecule has 0 fully saturated rings. The van der Waals surface area contributed by atoms with Crippen molar-refractivity contribution in [2.75, 3.05) is 13.2 Å². The van der Waals surface area contributed by atoms with Crippen molar-refractivity contribution >= 4 is 11.9 Å². The molecule has 3 aromatic carbocycles. The molecule has 0 aliphatic carbocycles. The third-order valence-corrected chi connectivity index (χ3v) is 4.45. The van der Waals surface area contributed by atoms with E-state index < -0.39 is 0 Å². The standard InChI is InChI=1S/C26H25FO4/c1-3-29-25-16-8-20(17-26(25)30-4-2)18-31-23-13-5-19(6-14-23)7-15-24(28)21-9-11-22(27)12-10-21/h5-17H,3-4,18H2,1-2H3/b15-7+. The number of hydrogen-bond donors (Lipinski definition) is 0. The minimum Gasteiger partial charge on any atom is -0.490 e. The summed E-state index contributed by atoms with van der Waals surface area (Å²) in [4.78, 5) is 12.1. The first-order valence-corrected chi connectivity index (χ1v) is 10.2. The molecule has 0 atom stereocenters. The third-order valence-electron chi connectivity index (χ3n) is 4.45. The van der Waals surface area contributed by atoms with E-state index in [2.05, 4.69) is 0 Å². The van der Waals surface area contributed by atoms with Gasteiger partial charge in [-0.05, 0) is 79.6 Å². The van der Waals surface area contributed by atoms with Gasteiger partial charge in [0.05, 0.1) is 13.2 Å². The van der Waals surface area contributed by atoms with Crippen LogP contribution in [0, 0.1) is 5.82 Å². The molecule has 0 radical (unpaired) electrons. The van der Waals surface area contributed by atoms with Crippen molar-refractivity contribution in [2.45, 2.75) is 20.5 Å². The topological polar surface area (TPSA) is 44.8 Å². The lowest BCUT2D eigenvalue weighted by Gasteiger charge is -2.13. The van der Waals surface area contributed by atoms with Crippen LogP contribution in [-0.4, -0.2) is 19.0 Å². The summed E-state index contributed by atoms with van der Waals surface area (Å²) in [6, 6.07) is 18.7. The van der Waals surface area contributed by atoms with Crippen molar-refractivity contribution in [3.63, 3.8) is 0 Å². The number of allylic oxidation sites excluding steroid dienone is 1. The number of rotatable bonds is 10. The van der Waals surface area contributed by atoms with Gasteiger partial charge in [0.2, 0.25) is 0 Å². The number of carbonyl (C=O) groups is 1. The Hall–Kier alpha value is -3.60. The zero-order valence-corrected chi connectivity index (χ0v) is 17.6. The fourth-order valence-electron chi connectivity index (χ4n) is 2.91. The average molecular weight is 420 g/mol. The van der Waals surface area contributed by atoms with Gasteiger partial charge in [0.1, 0.15) is 18.2 Å². The van der Waals surface area contributed by atoms with Crippen LogP contribution < -0.4 is 14.2 Å². The maximum Gasteiger partial charge on any atom is 0.185 e. The molecule has 0 bridgehead atoms. The zero-order valence-electron chi connectivity index (χ0n) is 17.6. The number of ether oxygens (including phenoxy) is 3. The van der Waals surface area contributed by atoms with Crippen molar-refractivity contribution in [3.05, 3.63) is 95.3 Å². The van der Waals surface area contributed by atoms with Crippen molar-refractivity contribution in [2.24, 2.45) is 0 Å². The summed E-state index contributed by atoms with van der Waals surface area (Å²) >= 11 is 0. The molecule has 0 spiro atoms. The lowest BCUT2D eigenvalue weighted by atomic mass is 10.1. The second kappa shape index (κ2) is 11.0. The first-order chi connectivity index (χ1) is 15.1. The van der Waals surface area contributed by atoms with Gasteiger partial charge >= 0.3 is 0 Å². The zero-order chi connectivity index (χ0) is 22.1. The largest absolute Gasteiger partial charge is 0.490 e. The monoisotopic (exact) mass is 420 g/mol. The Morgan fingerprint density at radius 2 is 1.52 bits per heavy atom. The molecule has 0 unspecified atom stereocenters. The number of halogens is 1. The highest BCUT2D eigenvalue weighted by atomic mass is 19.1. The maximum absolute atomic E-state index is 13.0. The summed E-state index contributed by atoms with van der Waals surface area (Å²) in [6.45, 7) is 5.40. The van der Waals surface area contributed by atoms with Crippen molar-refractivity contribution in [1.29, 1.82) is 0 Å². The van der Waals surface area contributed by atoms with Crippen LogP contribution in [0.5, 0.6) is 17.2 Å². The highest BCUT2D eigenvalue weighted by molar-refractivity contribution is 6.06. The lowest BCUT2D eigenvalue weighted by Crippen LogP contribution is -2.01. The van der Waals surface area contributed by atoms with Gasteiger partial charge in [-0.25, -0.2) is 4.39 Å². The van der Waals surface area contributed by atoms with E-state index >= 15 is 0 Å². The Morgan fingerprint density at radius 3 is 2.19 bits per heavy atom. The van der Waals surface area contributed by atoms with Gasteiger partial charge in [-0.3, -0.25) is 4.79 Å². The summed E-state index contributed by atoms with van der Waals surface area (Å²) in [5, 5.41) is 0. The quantitative estimate of drug-likeness (QED) is 0.294. The van der Waals surface area contributed by atoms with Crippen LogP contribution in [0.3, 0.4) is 0 Å². The van der Waals surface area contributed by atoms with Crippen LogP contribution in [-0.2, 0) is 6.61 Å². The Bertz CT molecular complexity index is 1020. The molecule has 4 nitrogen and oxygen atoms in total. The van der Waals surface area contributed by atoms with E-state index in [4.69, 9.17) is 14.2 Å². The lowest BCUT2D eigenvalue weighted by molar-refractivity contribution is 0.104. The van der Waals surface area contributed by atoms with Crippen LogP contribution in [0.25, 0.3) is 6.08 Å². The minimum atomic E-state index is -0.365. The molecule has 3 rings (SSSR count). The fourth-order valence-corrected chi connectivity index (χ4v) is 2.91. The molecule has 3 aromatic rings. The van der Waals surface area contributed by atoms with E-state index in [0.717, 1.165) is 16.9 Å². The molecule has 0 saturated carbocycles. The molecular formula is C26H25FO4. The Labute approximate surface area is 181 Å². The molecule has 5 heteroatoms. The minimum absolute atomic E-state index is 0.180. The summed E-state index contributed by atoms with van der Waals surface area (Å²) < 4.78 is 30.1. The van der Waals surface area contributed by atoms with Crippen molar-refractivity contribution in [1.82, 2.24) is 0 Å². The number of hydrogen-bond acceptors (Lipinski definition) is 4. The van der Waals surface area contributed by atoms with Crippen LogP contribution >= 0.6 is 0 Å². The van der Waals surface area contributed by atoms with Crippen LogP contribution in [0.15, 0.2) is 72.8 Å². The number of ketones is 1. The van der Waals surface area contributed by atoms with Gasteiger partial charge in [0.15, 0.2) is 17.3 Å². The van der Waals surface area contributed by atoms with E-state index in [1.165, 1.54) is 30.3 Å². The van der Waals surface area contributed by atoms with E-state index in [9.17, 15) is 9.18 Å². The molecule has 0 amide bonds. The maximum atomic E-state index is 13.0. The van der Waals surface area contributed by atoms with Crippen molar-refractivity contribution < 1.29 is 23.4 Å². The van der Waals surface area contributed by atoms with Crippen LogP contribution in [0.4, 0.5) is 4.39 Å². The van der Waals surface area contributed by atoms with E-state index in [1.54, 1.807) is 6.08 Å². The Balaban J connectivity index is 1.58. The predicted octanol–water partition coefficient (Wildman–Crippen LogP) is 6.10. The van der Waals surface area contributed by atoms with Gasteiger partial charge in [-0.15, -0.1) is 0 Å². The number of benzene rings is 3. The van der Waals surface area contributed by atoms with Crippen LogP contribution in [0.2, 0.25) is 0 Å². The highest BCUT2D eigenvalue weighted by Gasteiger charge is 2.07. The summed E-state index contributed by atoms with van der Waals surface area (Å²) in [7, 11) is 0. The molecule has 0 N–H and O–H groups in total. The van der Waals surface area contributed by atoms with E-state index in [1.807, 2.05) is 56.3 Å². The highest BCUT2D eigenvalue weighted by Crippen LogP contribution is 2.29. The molecule has 0 saturated heterocycles. The molecule has 31 heavy (non-hydrogen) atoms. The van der Waals surface area contributed by atoms with Gasteiger partial charge in [-0.1, -0.05) is 24.3 Å². The molecule has 0 heterocycles. The second-order valence-electron chi connectivity index (χ2n) is 6.71. The van der Waals surface area contributed by atoms with Crippen LogP contribution in [0.1, 0.15) is 35.3 Å². The van der Waals surface area contributed by atoms with E-state index in [0.29, 0.717) is 36.9 Å². The normalized spacial score (nSPS) is 10.8. The summed E-state index contributed by atoms with van der Waals surface area (Å²) in [6.07, 6.45) is 3.19. The molecular weight excluding hydrogens is 395 g/mol. The van der Waals surface area contributed by atoms with Crippen molar-refractivity contribution in [3.8, 4) is 17.2 Å². The predicted molar refractivity (Wildman–Crippen MR) is 119 cm³/mol. The second-order valence-corrected chi connectivity index (χ2v) is 6.71. The average Bonchev–Trinajstić information content (AvgIpc) is 2.79. The molecule has 160 valence electrons. The van der Waals surface area contributed by atoms with Gasteiger partial charge in [-0.2, -0.15) is 0 Å². The van der Waals surface area contributed by atoms with E-state index in [-0.39, 0.29) is 11.6 Å². The Morgan fingerprint density at radius 1 is 0.839 bits per heavy atom. The van der Waals surface area contributed by atoms with Gasteiger partial charge < -0.3 is 14.2 Å².